The molecule has 0 saturated carbocycles. The van der Waals surface area contributed by atoms with Crippen LogP contribution in [0.5, 0.6) is 0 Å². The lowest BCUT2D eigenvalue weighted by molar-refractivity contribution is 0.0513. The average molecular weight is 259 g/mol. The maximum Gasteiger partial charge on any atom is 0.355 e. The van der Waals surface area contributed by atoms with E-state index >= 15 is 0 Å². The number of carbonyl (C=O) groups excluding carboxylic acids is 1. The predicted molar refractivity (Wildman–Crippen MR) is 64.8 cm³/mol. The first-order valence-electron chi connectivity index (χ1n) is 5.35. The molecule has 0 spiro atoms. The van der Waals surface area contributed by atoms with Gasteiger partial charge in [0, 0.05) is 19.0 Å². The van der Waals surface area contributed by atoms with Crippen LogP contribution >= 0.6 is 0 Å². The molecule has 17 heavy (non-hydrogen) atoms. The van der Waals surface area contributed by atoms with Crippen molar-refractivity contribution in [1.82, 2.24) is 4.57 Å². The quantitative estimate of drug-likeness (QED) is 0.740. The molecule has 0 unspecified atom stereocenters. The molecule has 0 aliphatic rings. The van der Waals surface area contributed by atoms with Gasteiger partial charge in [-0.05, 0) is 25.5 Å². The Morgan fingerprint density at radius 1 is 1.47 bits per heavy atom. The number of aromatic nitrogens is 1. The maximum atomic E-state index is 11.7. The molecular weight excluding hydrogens is 242 g/mol. The van der Waals surface area contributed by atoms with Crippen LogP contribution in [0.4, 0.5) is 0 Å². The van der Waals surface area contributed by atoms with E-state index in [-0.39, 0.29) is 12.3 Å². The fraction of sp³-hybridized carbons (Fsp3) is 0.545. The summed E-state index contributed by atoms with van der Waals surface area (Å²) in [6.45, 7) is 4.09. The van der Waals surface area contributed by atoms with Crippen molar-refractivity contribution in [3.8, 4) is 0 Å². The second kappa shape index (κ2) is 5.35. The number of nitrogens with zero attached hydrogens (tertiary/aromatic N) is 1. The zero-order valence-corrected chi connectivity index (χ0v) is 11.1. The molecule has 96 valence electrons. The number of aryl methyl sites for hydroxylation is 2. The lowest BCUT2D eigenvalue weighted by atomic mass is 10.3. The Kier molecular flexibility index (Phi) is 4.34. The Labute approximate surface area is 101 Å². The molecule has 5 nitrogen and oxygen atoms in total. The highest BCUT2D eigenvalue weighted by molar-refractivity contribution is 7.90. The lowest BCUT2D eigenvalue weighted by Gasteiger charge is -2.08. The van der Waals surface area contributed by atoms with Crippen molar-refractivity contribution >= 4 is 15.8 Å². The van der Waals surface area contributed by atoms with Crippen LogP contribution < -0.4 is 0 Å². The van der Waals surface area contributed by atoms with E-state index in [2.05, 4.69) is 0 Å². The Morgan fingerprint density at radius 3 is 2.65 bits per heavy atom. The minimum atomic E-state index is -3.04. The molecule has 0 bridgehead atoms. The standard InChI is InChI=1S/C11H17NO4S/c1-4-16-11(13)10-9(2)5-6-12(10)7-8-17(3,14)15/h5-6H,4,7-8H2,1-3H3. The van der Waals surface area contributed by atoms with Crippen molar-refractivity contribution in [1.29, 1.82) is 0 Å². The molecule has 0 aliphatic heterocycles. The summed E-state index contributed by atoms with van der Waals surface area (Å²) in [7, 11) is -3.04. The number of rotatable bonds is 5. The number of hydrogen-bond donors (Lipinski definition) is 0. The van der Waals surface area contributed by atoms with Crippen molar-refractivity contribution in [2.75, 3.05) is 18.6 Å². The summed E-state index contributed by atoms with van der Waals surface area (Å²) in [5.74, 6) is -0.406. The summed E-state index contributed by atoms with van der Waals surface area (Å²) < 4.78 is 28.7. The highest BCUT2D eigenvalue weighted by atomic mass is 32.2. The first-order valence-corrected chi connectivity index (χ1v) is 7.41. The number of ether oxygens (including phenoxy) is 1. The van der Waals surface area contributed by atoms with Gasteiger partial charge in [-0.3, -0.25) is 0 Å². The van der Waals surface area contributed by atoms with Crippen LogP contribution in [0.25, 0.3) is 0 Å². The van der Waals surface area contributed by atoms with Gasteiger partial charge in [0.05, 0.1) is 12.4 Å². The Hall–Kier alpha value is -1.30. The van der Waals surface area contributed by atoms with Crippen LogP contribution in [-0.2, 0) is 21.1 Å². The van der Waals surface area contributed by atoms with Gasteiger partial charge in [-0.2, -0.15) is 0 Å². The van der Waals surface area contributed by atoms with E-state index in [1.807, 2.05) is 0 Å². The molecule has 1 heterocycles. The van der Waals surface area contributed by atoms with Crippen molar-refractivity contribution in [3.05, 3.63) is 23.5 Å². The molecule has 0 aliphatic carbocycles. The SMILES string of the molecule is CCOC(=O)c1c(C)ccn1CCS(C)(=O)=O. The van der Waals surface area contributed by atoms with Crippen molar-refractivity contribution < 1.29 is 17.9 Å². The van der Waals surface area contributed by atoms with Gasteiger partial charge in [0.1, 0.15) is 15.5 Å². The number of hydrogen-bond acceptors (Lipinski definition) is 4. The average Bonchev–Trinajstić information content (AvgIpc) is 2.56. The smallest absolute Gasteiger partial charge is 0.355 e. The molecular formula is C11H17NO4S. The molecule has 1 aromatic heterocycles. The molecule has 0 saturated heterocycles. The van der Waals surface area contributed by atoms with Gasteiger partial charge in [0.2, 0.25) is 0 Å². The van der Waals surface area contributed by atoms with Crippen molar-refractivity contribution in [3.63, 3.8) is 0 Å². The van der Waals surface area contributed by atoms with Crippen LogP contribution in [-0.4, -0.2) is 37.6 Å². The van der Waals surface area contributed by atoms with E-state index in [9.17, 15) is 13.2 Å². The van der Waals surface area contributed by atoms with Crippen LogP contribution in [0, 0.1) is 6.92 Å². The van der Waals surface area contributed by atoms with Crippen LogP contribution in [0.1, 0.15) is 23.0 Å². The summed E-state index contributed by atoms with van der Waals surface area (Å²) in [4.78, 5) is 11.7. The normalized spacial score (nSPS) is 11.5. The van der Waals surface area contributed by atoms with Gasteiger partial charge in [0.15, 0.2) is 0 Å². The largest absolute Gasteiger partial charge is 0.461 e. The highest BCUT2D eigenvalue weighted by Gasteiger charge is 2.16. The first-order chi connectivity index (χ1) is 7.85. The molecule has 0 radical (unpaired) electrons. The van der Waals surface area contributed by atoms with Crippen LogP contribution in [0.3, 0.4) is 0 Å². The minimum absolute atomic E-state index is 0.00747. The monoisotopic (exact) mass is 259 g/mol. The molecule has 6 heteroatoms. The van der Waals surface area contributed by atoms with Gasteiger partial charge in [0.25, 0.3) is 0 Å². The van der Waals surface area contributed by atoms with E-state index in [1.165, 1.54) is 6.26 Å². The van der Waals surface area contributed by atoms with Crippen molar-refractivity contribution in [2.24, 2.45) is 0 Å². The second-order valence-corrected chi connectivity index (χ2v) is 6.15. The minimum Gasteiger partial charge on any atom is -0.461 e. The second-order valence-electron chi connectivity index (χ2n) is 3.89. The Morgan fingerprint density at radius 2 is 2.12 bits per heavy atom. The van der Waals surface area contributed by atoms with Gasteiger partial charge in [-0.15, -0.1) is 0 Å². The van der Waals surface area contributed by atoms with Crippen molar-refractivity contribution in [2.45, 2.75) is 20.4 Å². The number of sulfone groups is 1. The summed E-state index contributed by atoms with van der Waals surface area (Å²) >= 11 is 0. The lowest BCUT2D eigenvalue weighted by Crippen LogP contribution is -2.17. The van der Waals surface area contributed by atoms with E-state index in [0.29, 0.717) is 12.3 Å². The van der Waals surface area contributed by atoms with E-state index in [1.54, 1.807) is 30.7 Å². The summed E-state index contributed by atoms with van der Waals surface area (Å²) in [6.07, 6.45) is 2.88. The van der Waals surface area contributed by atoms with E-state index in [4.69, 9.17) is 4.74 Å². The highest BCUT2D eigenvalue weighted by Crippen LogP contribution is 2.12. The van der Waals surface area contributed by atoms with E-state index < -0.39 is 15.8 Å². The summed E-state index contributed by atoms with van der Waals surface area (Å²) in [5, 5.41) is 0. The summed E-state index contributed by atoms with van der Waals surface area (Å²) in [6, 6.07) is 1.77. The third kappa shape index (κ3) is 3.89. The third-order valence-corrected chi connectivity index (χ3v) is 3.26. The zero-order valence-electron chi connectivity index (χ0n) is 10.3. The Balaban J connectivity index is 2.90. The van der Waals surface area contributed by atoms with Gasteiger partial charge >= 0.3 is 5.97 Å². The summed E-state index contributed by atoms with van der Waals surface area (Å²) in [5.41, 5.74) is 1.22. The fourth-order valence-electron chi connectivity index (χ4n) is 1.51. The number of carbonyl (C=O) groups is 1. The van der Waals surface area contributed by atoms with Gasteiger partial charge < -0.3 is 9.30 Å². The molecule has 1 rings (SSSR count). The fourth-order valence-corrected chi connectivity index (χ4v) is 2.04. The van der Waals surface area contributed by atoms with Gasteiger partial charge in [-0.25, -0.2) is 13.2 Å². The predicted octanol–water partition coefficient (Wildman–Crippen LogP) is 1.02. The van der Waals surface area contributed by atoms with E-state index in [0.717, 1.165) is 5.56 Å². The molecule has 0 aromatic carbocycles. The maximum absolute atomic E-state index is 11.7. The van der Waals surface area contributed by atoms with Crippen LogP contribution in [0.2, 0.25) is 0 Å². The topological polar surface area (TPSA) is 65.4 Å². The molecule has 0 fully saturated rings. The Bertz CT molecular complexity index is 502. The zero-order chi connectivity index (χ0) is 13.1. The molecule has 0 amide bonds. The third-order valence-electron chi connectivity index (χ3n) is 2.34. The van der Waals surface area contributed by atoms with Gasteiger partial charge in [-0.1, -0.05) is 0 Å². The first kappa shape index (κ1) is 13.8. The van der Waals surface area contributed by atoms with Crippen LogP contribution in [0.15, 0.2) is 12.3 Å². The molecule has 0 N–H and O–H groups in total. The molecule has 1 aromatic rings. The number of esters is 1. The molecule has 0 atom stereocenters.